The van der Waals surface area contributed by atoms with Crippen LogP contribution in [0.5, 0.6) is 11.6 Å². The molecular formula is C13H11BrN2O3S2. The maximum absolute atomic E-state index is 11.6. The molecule has 0 fully saturated rings. The number of sulfone groups is 1. The highest BCUT2D eigenvalue weighted by atomic mass is 79.9. The van der Waals surface area contributed by atoms with Crippen LogP contribution in [0.4, 0.5) is 0 Å². The summed E-state index contributed by atoms with van der Waals surface area (Å²) < 4.78 is 30.9. The van der Waals surface area contributed by atoms with Crippen molar-refractivity contribution in [3.8, 4) is 11.6 Å². The molecule has 0 bridgehead atoms. The third kappa shape index (κ3) is 2.83. The first-order chi connectivity index (χ1) is 9.99. The van der Waals surface area contributed by atoms with Gasteiger partial charge in [0.25, 0.3) is 0 Å². The highest BCUT2D eigenvalue weighted by Gasteiger charge is 2.15. The van der Waals surface area contributed by atoms with Crippen molar-refractivity contribution in [1.29, 1.82) is 0 Å². The van der Waals surface area contributed by atoms with Crippen molar-refractivity contribution < 1.29 is 13.2 Å². The Labute approximate surface area is 134 Å². The van der Waals surface area contributed by atoms with Crippen LogP contribution in [0.15, 0.2) is 40.7 Å². The van der Waals surface area contributed by atoms with Crippen molar-refractivity contribution in [3.63, 3.8) is 0 Å². The molecule has 1 aromatic carbocycles. The molecule has 3 rings (SSSR count). The third-order valence-corrected chi connectivity index (χ3v) is 5.30. The maximum Gasteiger partial charge on any atom is 0.243 e. The number of imidazole rings is 1. The SMILES string of the molecule is CS(=O)(=O)c1cccc(Oc2nc3sccn3c2CBr)c1. The Hall–Kier alpha value is -1.38. The zero-order chi connectivity index (χ0) is 15.0. The summed E-state index contributed by atoms with van der Waals surface area (Å²) in [5.41, 5.74) is 0.885. The van der Waals surface area contributed by atoms with E-state index in [4.69, 9.17) is 4.74 Å². The first-order valence-corrected chi connectivity index (χ1v) is 9.86. The van der Waals surface area contributed by atoms with E-state index in [0.29, 0.717) is 17.0 Å². The number of aromatic nitrogens is 2. The van der Waals surface area contributed by atoms with Gasteiger partial charge in [-0.2, -0.15) is 4.98 Å². The lowest BCUT2D eigenvalue weighted by atomic mass is 10.3. The van der Waals surface area contributed by atoms with Gasteiger partial charge in [0.05, 0.1) is 10.6 Å². The lowest BCUT2D eigenvalue weighted by molar-refractivity contribution is 0.460. The molecule has 0 aliphatic carbocycles. The molecule has 0 atom stereocenters. The topological polar surface area (TPSA) is 60.7 Å². The van der Waals surface area contributed by atoms with Crippen LogP contribution < -0.4 is 4.74 Å². The fourth-order valence-electron chi connectivity index (χ4n) is 1.90. The quantitative estimate of drug-likeness (QED) is 0.643. The van der Waals surface area contributed by atoms with Crippen molar-refractivity contribution in [2.24, 2.45) is 0 Å². The molecule has 2 heterocycles. The molecule has 0 saturated heterocycles. The summed E-state index contributed by atoms with van der Waals surface area (Å²) in [7, 11) is -3.26. The van der Waals surface area contributed by atoms with E-state index in [1.165, 1.54) is 23.7 Å². The van der Waals surface area contributed by atoms with Gasteiger partial charge in [0.15, 0.2) is 14.8 Å². The van der Waals surface area contributed by atoms with Crippen LogP contribution in [0.2, 0.25) is 0 Å². The number of ether oxygens (including phenoxy) is 1. The second-order valence-corrected chi connectivity index (χ2v) is 7.85. The molecule has 0 spiro atoms. The zero-order valence-electron chi connectivity index (χ0n) is 11.0. The van der Waals surface area contributed by atoms with Gasteiger partial charge >= 0.3 is 0 Å². The number of thiazole rings is 1. The van der Waals surface area contributed by atoms with E-state index >= 15 is 0 Å². The smallest absolute Gasteiger partial charge is 0.243 e. The molecule has 8 heteroatoms. The number of hydrogen-bond acceptors (Lipinski definition) is 5. The Morgan fingerprint density at radius 2 is 2.24 bits per heavy atom. The molecule has 0 unspecified atom stereocenters. The predicted molar refractivity (Wildman–Crippen MR) is 85.3 cm³/mol. The Kier molecular flexibility index (Phi) is 3.76. The molecule has 0 amide bonds. The highest BCUT2D eigenvalue weighted by molar-refractivity contribution is 9.08. The minimum atomic E-state index is -3.26. The Morgan fingerprint density at radius 1 is 1.43 bits per heavy atom. The average molecular weight is 387 g/mol. The zero-order valence-corrected chi connectivity index (χ0v) is 14.2. The number of hydrogen-bond donors (Lipinski definition) is 0. The summed E-state index contributed by atoms with van der Waals surface area (Å²) in [5, 5.41) is 2.54. The summed E-state index contributed by atoms with van der Waals surface area (Å²) >= 11 is 4.93. The first-order valence-electron chi connectivity index (χ1n) is 5.97. The first kappa shape index (κ1) is 14.6. The van der Waals surface area contributed by atoms with E-state index in [-0.39, 0.29) is 4.90 Å². The number of nitrogens with zero attached hydrogens (tertiary/aromatic N) is 2. The van der Waals surface area contributed by atoms with E-state index in [0.717, 1.165) is 10.7 Å². The van der Waals surface area contributed by atoms with Gasteiger partial charge in [-0.1, -0.05) is 22.0 Å². The standard InChI is InChI=1S/C13H11BrN2O3S2/c1-21(17,18)10-4-2-3-9(7-10)19-12-11(8-14)16-5-6-20-13(16)15-12/h2-7H,8H2,1H3. The van der Waals surface area contributed by atoms with Crippen molar-refractivity contribution in [2.45, 2.75) is 10.2 Å². The number of fused-ring (bicyclic) bond motifs is 1. The summed E-state index contributed by atoms with van der Waals surface area (Å²) in [5.74, 6) is 0.926. The molecular weight excluding hydrogens is 376 g/mol. The largest absolute Gasteiger partial charge is 0.437 e. The predicted octanol–water partition coefficient (Wildman–Crippen LogP) is 3.49. The monoisotopic (exact) mass is 386 g/mol. The van der Waals surface area contributed by atoms with Crippen LogP contribution in [-0.2, 0) is 15.2 Å². The van der Waals surface area contributed by atoms with Crippen LogP contribution >= 0.6 is 27.3 Å². The van der Waals surface area contributed by atoms with Crippen molar-refractivity contribution >= 4 is 42.1 Å². The maximum atomic E-state index is 11.6. The van der Waals surface area contributed by atoms with Gasteiger partial charge in [-0.3, -0.25) is 4.40 Å². The molecule has 0 aliphatic heterocycles. The fourth-order valence-corrected chi connectivity index (χ4v) is 3.79. The Balaban J connectivity index is 2.00. The van der Waals surface area contributed by atoms with Crippen molar-refractivity contribution in [1.82, 2.24) is 9.38 Å². The van der Waals surface area contributed by atoms with Gasteiger partial charge < -0.3 is 4.74 Å². The number of rotatable bonds is 4. The minimum absolute atomic E-state index is 0.224. The van der Waals surface area contributed by atoms with Crippen molar-refractivity contribution in [2.75, 3.05) is 6.26 Å². The molecule has 0 radical (unpaired) electrons. The molecule has 0 N–H and O–H groups in total. The van der Waals surface area contributed by atoms with Gasteiger partial charge in [-0.25, -0.2) is 8.42 Å². The number of alkyl halides is 1. The van der Waals surface area contributed by atoms with Gasteiger partial charge in [0.1, 0.15) is 5.75 Å². The summed E-state index contributed by atoms with van der Waals surface area (Å²) in [6, 6.07) is 6.40. The molecule has 0 saturated carbocycles. The van der Waals surface area contributed by atoms with Crippen molar-refractivity contribution in [3.05, 3.63) is 41.5 Å². The van der Waals surface area contributed by atoms with E-state index < -0.39 is 9.84 Å². The van der Waals surface area contributed by atoms with Crippen LogP contribution in [0, 0.1) is 0 Å². The lowest BCUT2D eigenvalue weighted by Crippen LogP contribution is -1.97. The highest BCUT2D eigenvalue weighted by Crippen LogP contribution is 2.30. The normalized spacial score (nSPS) is 11.9. The third-order valence-electron chi connectivity index (χ3n) is 2.90. The van der Waals surface area contributed by atoms with E-state index in [9.17, 15) is 8.42 Å². The van der Waals surface area contributed by atoms with Gasteiger partial charge in [-0.15, -0.1) is 11.3 Å². The Morgan fingerprint density at radius 3 is 2.95 bits per heavy atom. The second kappa shape index (κ2) is 5.43. The summed E-state index contributed by atoms with van der Waals surface area (Å²) in [6.07, 6.45) is 3.09. The van der Waals surface area contributed by atoms with Crippen LogP contribution in [0.25, 0.3) is 4.96 Å². The summed E-state index contributed by atoms with van der Waals surface area (Å²) in [6.45, 7) is 0. The minimum Gasteiger partial charge on any atom is -0.437 e. The van der Waals surface area contributed by atoms with E-state index in [1.807, 2.05) is 16.0 Å². The van der Waals surface area contributed by atoms with Crippen LogP contribution in [0.3, 0.4) is 0 Å². The molecule has 110 valence electrons. The lowest BCUT2D eigenvalue weighted by Gasteiger charge is -2.06. The molecule has 2 aromatic heterocycles. The van der Waals surface area contributed by atoms with Crippen LogP contribution in [-0.4, -0.2) is 24.1 Å². The van der Waals surface area contributed by atoms with Gasteiger partial charge in [0, 0.05) is 23.2 Å². The number of benzene rings is 1. The van der Waals surface area contributed by atoms with Crippen LogP contribution in [0.1, 0.15) is 5.69 Å². The number of halogens is 1. The second-order valence-electron chi connectivity index (χ2n) is 4.40. The van der Waals surface area contributed by atoms with E-state index in [2.05, 4.69) is 20.9 Å². The van der Waals surface area contributed by atoms with Gasteiger partial charge in [-0.05, 0) is 18.2 Å². The van der Waals surface area contributed by atoms with E-state index in [1.54, 1.807) is 18.2 Å². The average Bonchev–Trinajstić information content (AvgIpc) is 2.98. The Bertz CT molecular complexity index is 899. The molecule has 3 aromatic rings. The van der Waals surface area contributed by atoms with Gasteiger partial charge in [0.2, 0.25) is 5.88 Å². The fraction of sp³-hybridized carbons (Fsp3) is 0.154. The molecule has 5 nitrogen and oxygen atoms in total. The molecule has 21 heavy (non-hydrogen) atoms. The summed E-state index contributed by atoms with van der Waals surface area (Å²) in [4.78, 5) is 5.47. The molecule has 0 aliphatic rings.